The number of rotatable bonds is 9. The molecular formula is C33H40FN7O5S. The third-order valence-corrected chi connectivity index (χ3v) is 10.1. The zero-order valence-corrected chi connectivity index (χ0v) is 27.6. The molecule has 0 radical (unpaired) electrons. The highest BCUT2D eigenvalue weighted by molar-refractivity contribution is 7.90. The second-order valence-corrected chi connectivity index (χ2v) is 14.7. The van der Waals surface area contributed by atoms with Gasteiger partial charge < -0.3 is 29.9 Å². The quantitative estimate of drug-likeness (QED) is 0.327. The number of pyridine rings is 1. The van der Waals surface area contributed by atoms with Crippen molar-refractivity contribution in [3.8, 4) is 11.8 Å². The van der Waals surface area contributed by atoms with Crippen LogP contribution in [0.2, 0.25) is 0 Å². The van der Waals surface area contributed by atoms with Crippen molar-refractivity contribution < 1.29 is 27.1 Å². The summed E-state index contributed by atoms with van der Waals surface area (Å²) in [6.07, 6.45) is 4.33. The number of carbonyl (C=O) groups is 1. The largest absolute Gasteiger partial charge is 0.381 e. The fourth-order valence-electron chi connectivity index (χ4n) is 6.78. The lowest BCUT2D eigenvalue weighted by Crippen LogP contribution is -2.49. The van der Waals surface area contributed by atoms with Crippen LogP contribution in [0, 0.1) is 17.8 Å². The van der Waals surface area contributed by atoms with E-state index in [-0.39, 0.29) is 36.1 Å². The molecule has 12 nitrogen and oxygen atoms in total. The number of nitrogens with zero attached hydrogens (tertiary/aromatic N) is 5. The maximum absolute atomic E-state index is 14.6. The molecule has 1 amide bonds. The van der Waals surface area contributed by atoms with Crippen LogP contribution < -0.4 is 20.4 Å². The van der Waals surface area contributed by atoms with Gasteiger partial charge >= 0.3 is 0 Å². The molecule has 0 saturated carbocycles. The number of benzene rings is 1. The summed E-state index contributed by atoms with van der Waals surface area (Å²) < 4.78 is 49.5. The van der Waals surface area contributed by atoms with E-state index in [0.29, 0.717) is 63.3 Å². The van der Waals surface area contributed by atoms with E-state index in [4.69, 9.17) is 14.5 Å². The lowest BCUT2D eigenvalue weighted by atomic mass is 9.85. The summed E-state index contributed by atoms with van der Waals surface area (Å²) >= 11 is 0. The standard InChI is InChI=1S/C33H40FN7O5S/c1-4-5-32(42)37-27-10-13-46-19-25(27)22-6-7-28(41-16-21(17-41)20-47(3,43)44)24-15-36-31(14-23(22)24)38-30-8-11-35-33(39-30)40-12-9-29(45-2)26(34)18-40/h6-8,11,14-15,21,25-27,29H,9-10,12-13,16-20H2,1-3H3,(H,37,42)(H,35,36,38,39)/t25-,26+,27+,29-/m1/s1. The van der Waals surface area contributed by atoms with Crippen LogP contribution >= 0.6 is 0 Å². The molecule has 2 N–H and O–H groups in total. The zero-order valence-electron chi connectivity index (χ0n) is 26.8. The summed E-state index contributed by atoms with van der Waals surface area (Å²) in [6, 6.07) is 7.63. The van der Waals surface area contributed by atoms with Gasteiger partial charge in [-0.2, -0.15) is 4.98 Å². The molecule has 3 aromatic rings. The van der Waals surface area contributed by atoms with Gasteiger partial charge in [-0.25, -0.2) is 22.8 Å². The first-order valence-corrected chi connectivity index (χ1v) is 17.9. The van der Waals surface area contributed by atoms with Gasteiger partial charge in [-0.3, -0.25) is 4.79 Å². The first-order valence-electron chi connectivity index (χ1n) is 15.8. The second kappa shape index (κ2) is 14.0. The zero-order chi connectivity index (χ0) is 33.1. The van der Waals surface area contributed by atoms with Gasteiger partial charge in [-0.15, -0.1) is 0 Å². The van der Waals surface area contributed by atoms with Gasteiger partial charge in [0.1, 0.15) is 27.6 Å². The van der Waals surface area contributed by atoms with Gasteiger partial charge in [0.15, 0.2) is 0 Å². The van der Waals surface area contributed by atoms with E-state index in [1.54, 1.807) is 19.2 Å². The highest BCUT2D eigenvalue weighted by atomic mass is 32.2. The molecule has 2 aromatic heterocycles. The van der Waals surface area contributed by atoms with Gasteiger partial charge in [0.05, 0.1) is 25.0 Å². The van der Waals surface area contributed by atoms with Crippen molar-refractivity contribution in [2.45, 2.75) is 44.0 Å². The Morgan fingerprint density at radius 2 is 1.96 bits per heavy atom. The molecule has 47 heavy (non-hydrogen) atoms. The van der Waals surface area contributed by atoms with Gasteiger partial charge in [0.2, 0.25) is 5.95 Å². The van der Waals surface area contributed by atoms with Crippen LogP contribution in [0.4, 0.5) is 27.7 Å². The maximum Gasteiger partial charge on any atom is 0.296 e. The third-order valence-electron chi connectivity index (χ3n) is 9.03. The number of carbonyl (C=O) groups excluding carboxylic acids is 1. The third kappa shape index (κ3) is 7.58. The smallest absolute Gasteiger partial charge is 0.296 e. The van der Waals surface area contributed by atoms with E-state index in [0.717, 1.165) is 22.0 Å². The Hall–Kier alpha value is -4.06. The lowest BCUT2D eigenvalue weighted by Gasteiger charge is -2.41. The molecule has 4 atom stereocenters. The number of hydrogen-bond donors (Lipinski definition) is 2. The number of hydrogen-bond acceptors (Lipinski definition) is 11. The number of ether oxygens (including phenoxy) is 2. The number of halogens is 1. The van der Waals surface area contributed by atoms with Crippen LogP contribution in [0.3, 0.4) is 0 Å². The Labute approximate surface area is 274 Å². The number of nitrogens with one attached hydrogen (secondary N) is 2. The molecule has 6 rings (SSSR count). The lowest BCUT2D eigenvalue weighted by molar-refractivity contribution is -0.117. The van der Waals surface area contributed by atoms with Crippen LogP contribution in [-0.4, -0.2) is 106 Å². The van der Waals surface area contributed by atoms with Crippen molar-refractivity contribution in [1.29, 1.82) is 0 Å². The molecule has 0 spiro atoms. The summed E-state index contributed by atoms with van der Waals surface area (Å²) in [6.45, 7) is 4.58. The van der Waals surface area contributed by atoms with Crippen molar-refractivity contribution in [1.82, 2.24) is 20.3 Å². The molecule has 3 aliphatic rings. The number of methoxy groups -OCH3 is 1. The minimum atomic E-state index is -3.07. The Morgan fingerprint density at radius 3 is 2.70 bits per heavy atom. The Bertz CT molecular complexity index is 1790. The van der Waals surface area contributed by atoms with Gasteiger partial charge in [0.25, 0.3) is 5.91 Å². The first kappa shape index (κ1) is 32.9. The summed E-state index contributed by atoms with van der Waals surface area (Å²) in [5, 5.41) is 8.21. The van der Waals surface area contributed by atoms with E-state index in [2.05, 4.69) is 43.4 Å². The van der Waals surface area contributed by atoms with Gasteiger partial charge in [-0.05, 0) is 54.8 Å². The molecule has 0 unspecified atom stereocenters. The second-order valence-electron chi connectivity index (χ2n) is 12.5. The van der Waals surface area contributed by atoms with E-state index in [1.807, 2.05) is 23.2 Å². The fraction of sp³-hybridized carbons (Fsp3) is 0.515. The van der Waals surface area contributed by atoms with Crippen molar-refractivity contribution in [3.05, 3.63) is 42.2 Å². The number of alkyl halides is 1. The van der Waals surface area contributed by atoms with E-state index >= 15 is 0 Å². The van der Waals surface area contributed by atoms with Crippen LogP contribution in [0.25, 0.3) is 10.8 Å². The summed E-state index contributed by atoms with van der Waals surface area (Å²) in [5.41, 5.74) is 1.96. The highest BCUT2D eigenvalue weighted by Gasteiger charge is 2.34. The van der Waals surface area contributed by atoms with Crippen LogP contribution in [0.15, 0.2) is 36.7 Å². The Kier molecular flexibility index (Phi) is 9.77. The molecule has 250 valence electrons. The van der Waals surface area contributed by atoms with E-state index in [9.17, 15) is 17.6 Å². The Balaban J connectivity index is 1.32. The van der Waals surface area contributed by atoms with Crippen molar-refractivity contribution in [2.24, 2.45) is 5.92 Å². The predicted octanol–water partition coefficient (Wildman–Crippen LogP) is 2.82. The average Bonchev–Trinajstić information content (AvgIpc) is 3.02. The van der Waals surface area contributed by atoms with Crippen molar-refractivity contribution in [2.75, 3.05) is 73.6 Å². The van der Waals surface area contributed by atoms with Crippen molar-refractivity contribution >= 4 is 49.8 Å². The summed E-state index contributed by atoms with van der Waals surface area (Å²) in [7, 11) is -1.54. The Morgan fingerprint density at radius 1 is 1.13 bits per heavy atom. The number of aromatic nitrogens is 3. The average molecular weight is 666 g/mol. The molecule has 14 heteroatoms. The molecule has 3 fully saturated rings. The van der Waals surface area contributed by atoms with Crippen LogP contribution in [-0.2, 0) is 24.1 Å². The molecule has 5 heterocycles. The monoisotopic (exact) mass is 665 g/mol. The summed E-state index contributed by atoms with van der Waals surface area (Å²) in [5.74, 6) is 6.50. The van der Waals surface area contributed by atoms with Crippen molar-refractivity contribution in [3.63, 3.8) is 0 Å². The highest BCUT2D eigenvalue weighted by Crippen LogP contribution is 2.39. The fourth-order valence-corrected chi connectivity index (χ4v) is 7.85. The number of sulfone groups is 1. The molecule has 0 bridgehead atoms. The maximum atomic E-state index is 14.6. The van der Waals surface area contributed by atoms with Crippen LogP contribution in [0.5, 0.6) is 0 Å². The van der Waals surface area contributed by atoms with Gasteiger partial charge in [0, 0.05) is 81.0 Å². The number of amides is 1. The predicted molar refractivity (Wildman–Crippen MR) is 179 cm³/mol. The molecule has 3 saturated heterocycles. The van der Waals surface area contributed by atoms with Gasteiger partial charge in [-0.1, -0.05) is 12.0 Å². The molecular weight excluding hydrogens is 625 g/mol. The summed E-state index contributed by atoms with van der Waals surface area (Å²) in [4.78, 5) is 30.2. The van der Waals surface area contributed by atoms with E-state index in [1.165, 1.54) is 13.4 Å². The number of fused-ring (bicyclic) bond motifs is 1. The molecule has 1 aromatic carbocycles. The number of anilines is 4. The first-order chi connectivity index (χ1) is 22.6. The van der Waals surface area contributed by atoms with E-state index < -0.39 is 22.1 Å². The number of piperidine rings is 1. The SMILES string of the molecule is CC#CC(=O)N[C@H]1CCOC[C@@H]1c1ccc(N2CC(CS(C)(=O)=O)C2)c2cnc(Nc3ccnc(N4CC[C@@H](OC)[C@@H](F)C4)n3)cc12. The minimum Gasteiger partial charge on any atom is -0.381 e. The molecule has 0 aliphatic carbocycles. The normalized spacial score (nSPS) is 23.5. The minimum absolute atomic E-state index is 0.0690. The topological polar surface area (TPSA) is 139 Å². The van der Waals surface area contributed by atoms with Crippen LogP contribution in [0.1, 0.15) is 31.2 Å². The molecule has 3 aliphatic heterocycles.